The van der Waals surface area contributed by atoms with E-state index in [1.165, 1.54) is 5.56 Å². The fourth-order valence-electron chi connectivity index (χ4n) is 2.02. The molecule has 3 rings (SSSR count). The fraction of sp³-hybridized carbons (Fsp3) is 0.154. The molecule has 0 aliphatic carbocycles. The van der Waals surface area contributed by atoms with Crippen molar-refractivity contribution in [2.75, 3.05) is 6.61 Å². The number of halogens is 1. The number of hydrogen-bond acceptors (Lipinski definition) is 3. The van der Waals surface area contributed by atoms with Gasteiger partial charge in [-0.2, -0.15) is 11.3 Å². The zero-order valence-corrected chi connectivity index (χ0v) is 10.5. The highest BCUT2D eigenvalue weighted by Crippen LogP contribution is 2.39. The summed E-state index contributed by atoms with van der Waals surface area (Å²) in [4.78, 5) is 10.9. The second-order valence-electron chi connectivity index (χ2n) is 3.90. The van der Waals surface area contributed by atoms with Crippen molar-refractivity contribution in [1.82, 2.24) is 0 Å². The first-order chi connectivity index (χ1) is 8.29. The molecule has 0 spiro atoms. The molecule has 0 unspecified atom stereocenters. The fourth-order valence-corrected chi connectivity index (χ4v) is 3.11. The summed E-state index contributed by atoms with van der Waals surface area (Å²) < 4.78 is 5.67. The minimum Gasteiger partial charge on any atom is -0.493 e. The second-order valence-corrected chi connectivity index (χ2v) is 5.05. The van der Waals surface area contributed by atoms with E-state index in [1.54, 1.807) is 17.4 Å². The molecule has 0 atom stereocenters. The van der Waals surface area contributed by atoms with Gasteiger partial charge in [0.1, 0.15) is 5.75 Å². The van der Waals surface area contributed by atoms with Crippen LogP contribution in [-0.2, 0) is 6.42 Å². The van der Waals surface area contributed by atoms with Gasteiger partial charge in [0.05, 0.1) is 11.6 Å². The van der Waals surface area contributed by atoms with E-state index in [4.69, 9.17) is 16.3 Å². The Morgan fingerprint density at radius 3 is 3.00 bits per heavy atom. The van der Waals surface area contributed by atoms with Gasteiger partial charge < -0.3 is 4.74 Å². The SMILES string of the molecule is O=Cc1cc2c(cc1Cl)OCCc1cscc1-2. The van der Waals surface area contributed by atoms with Crippen LogP contribution in [0.25, 0.3) is 11.1 Å². The van der Waals surface area contributed by atoms with E-state index in [2.05, 4.69) is 10.8 Å². The standard InChI is InChI=1S/C13H9ClO2S/c14-12-4-13-10(3-9(12)5-15)11-7-17-6-8(11)1-2-16-13/h3-7H,1-2H2. The third kappa shape index (κ3) is 1.75. The maximum Gasteiger partial charge on any atom is 0.151 e. The number of fused-ring (bicyclic) bond motifs is 3. The number of rotatable bonds is 1. The van der Waals surface area contributed by atoms with E-state index in [-0.39, 0.29) is 0 Å². The monoisotopic (exact) mass is 264 g/mol. The lowest BCUT2D eigenvalue weighted by atomic mass is 10.0. The lowest BCUT2D eigenvalue weighted by Gasteiger charge is -2.09. The van der Waals surface area contributed by atoms with Crippen LogP contribution in [0.1, 0.15) is 15.9 Å². The number of thiophene rings is 1. The lowest BCUT2D eigenvalue weighted by molar-refractivity contribution is 0.112. The van der Waals surface area contributed by atoms with Gasteiger partial charge >= 0.3 is 0 Å². The Hall–Kier alpha value is -1.32. The van der Waals surface area contributed by atoms with E-state index in [9.17, 15) is 4.79 Å². The number of aldehydes is 1. The Morgan fingerprint density at radius 1 is 1.29 bits per heavy atom. The number of ether oxygens (including phenoxy) is 1. The van der Waals surface area contributed by atoms with Gasteiger partial charge in [0.2, 0.25) is 0 Å². The number of hydrogen-bond donors (Lipinski definition) is 0. The van der Waals surface area contributed by atoms with Crippen molar-refractivity contribution in [1.29, 1.82) is 0 Å². The van der Waals surface area contributed by atoms with Gasteiger partial charge in [-0.1, -0.05) is 11.6 Å². The quantitative estimate of drug-likeness (QED) is 0.732. The zero-order chi connectivity index (χ0) is 11.8. The Bertz CT molecular complexity index is 589. The average molecular weight is 265 g/mol. The first-order valence-electron chi connectivity index (χ1n) is 5.26. The normalized spacial score (nSPS) is 13.2. The summed E-state index contributed by atoms with van der Waals surface area (Å²) in [6.45, 7) is 0.646. The number of benzene rings is 1. The third-order valence-electron chi connectivity index (χ3n) is 2.89. The van der Waals surface area contributed by atoms with Gasteiger partial charge in [-0.25, -0.2) is 0 Å². The Labute approximate surface area is 108 Å². The van der Waals surface area contributed by atoms with Crippen LogP contribution in [0.5, 0.6) is 5.75 Å². The van der Waals surface area contributed by atoms with Crippen molar-refractivity contribution in [3.8, 4) is 16.9 Å². The minimum absolute atomic E-state index is 0.442. The average Bonchev–Trinajstić information content (AvgIpc) is 2.72. The van der Waals surface area contributed by atoms with Crippen LogP contribution in [0.2, 0.25) is 5.02 Å². The van der Waals surface area contributed by atoms with Gasteiger partial charge in [0.25, 0.3) is 0 Å². The van der Waals surface area contributed by atoms with Gasteiger partial charge in [0, 0.05) is 23.6 Å². The Kier molecular flexibility index (Phi) is 2.65. The van der Waals surface area contributed by atoms with Crippen molar-refractivity contribution in [3.05, 3.63) is 39.0 Å². The topological polar surface area (TPSA) is 26.3 Å². The van der Waals surface area contributed by atoms with Crippen molar-refractivity contribution in [3.63, 3.8) is 0 Å². The summed E-state index contributed by atoms with van der Waals surface area (Å²) in [6.07, 6.45) is 1.67. The van der Waals surface area contributed by atoms with Gasteiger partial charge in [-0.15, -0.1) is 0 Å². The molecule has 86 valence electrons. The molecule has 0 amide bonds. The predicted molar refractivity (Wildman–Crippen MR) is 69.4 cm³/mol. The molecule has 0 saturated carbocycles. The molecule has 0 N–H and O–H groups in total. The van der Waals surface area contributed by atoms with Crippen LogP contribution < -0.4 is 4.74 Å². The molecule has 17 heavy (non-hydrogen) atoms. The minimum atomic E-state index is 0.442. The maximum atomic E-state index is 10.9. The van der Waals surface area contributed by atoms with E-state index < -0.39 is 0 Å². The maximum absolute atomic E-state index is 10.9. The molecule has 1 aliphatic rings. The molecule has 0 radical (unpaired) electrons. The summed E-state index contributed by atoms with van der Waals surface area (Å²) in [5.41, 5.74) is 3.90. The van der Waals surface area contributed by atoms with E-state index >= 15 is 0 Å². The predicted octanol–water partition coefficient (Wildman–Crippen LogP) is 3.82. The molecule has 1 aromatic heterocycles. The highest BCUT2D eigenvalue weighted by Gasteiger charge is 2.18. The lowest BCUT2D eigenvalue weighted by Crippen LogP contribution is -1.98. The van der Waals surface area contributed by atoms with Crippen molar-refractivity contribution in [2.45, 2.75) is 6.42 Å². The first kappa shape index (κ1) is 10.8. The summed E-state index contributed by atoms with van der Waals surface area (Å²) in [5, 5.41) is 4.66. The van der Waals surface area contributed by atoms with Crippen LogP contribution >= 0.6 is 22.9 Å². The molecule has 1 aromatic carbocycles. The van der Waals surface area contributed by atoms with Gasteiger partial charge in [-0.3, -0.25) is 4.79 Å². The molecule has 2 heterocycles. The highest BCUT2D eigenvalue weighted by molar-refractivity contribution is 7.08. The Balaban J connectivity index is 2.27. The molecular weight excluding hydrogens is 256 g/mol. The van der Waals surface area contributed by atoms with E-state index in [0.717, 1.165) is 29.6 Å². The molecular formula is C13H9ClO2S. The van der Waals surface area contributed by atoms with Crippen LogP contribution in [0.15, 0.2) is 22.9 Å². The number of carbonyl (C=O) groups is 1. The van der Waals surface area contributed by atoms with Crippen LogP contribution in [0.3, 0.4) is 0 Å². The second kappa shape index (κ2) is 4.17. The van der Waals surface area contributed by atoms with Crippen LogP contribution in [-0.4, -0.2) is 12.9 Å². The molecule has 0 fully saturated rings. The Morgan fingerprint density at radius 2 is 2.18 bits per heavy atom. The molecule has 2 nitrogen and oxygen atoms in total. The molecule has 4 heteroatoms. The summed E-state index contributed by atoms with van der Waals surface area (Å²) >= 11 is 7.68. The zero-order valence-electron chi connectivity index (χ0n) is 8.90. The first-order valence-corrected chi connectivity index (χ1v) is 6.58. The van der Waals surface area contributed by atoms with Crippen LogP contribution in [0, 0.1) is 0 Å². The van der Waals surface area contributed by atoms with Crippen molar-refractivity contribution in [2.24, 2.45) is 0 Å². The summed E-state index contributed by atoms with van der Waals surface area (Å²) in [7, 11) is 0. The summed E-state index contributed by atoms with van der Waals surface area (Å²) in [5.74, 6) is 0.762. The third-order valence-corrected chi connectivity index (χ3v) is 4.01. The van der Waals surface area contributed by atoms with Crippen molar-refractivity contribution >= 4 is 29.2 Å². The van der Waals surface area contributed by atoms with Crippen molar-refractivity contribution < 1.29 is 9.53 Å². The molecule has 0 bridgehead atoms. The molecule has 2 aromatic rings. The molecule has 0 saturated heterocycles. The number of carbonyl (C=O) groups excluding carboxylic acids is 1. The largest absolute Gasteiger partial charge is 0.493 e. The van der Waals surface area contributed by atoms with Gasteiger partial charge in [0.15, 0.2) is 6.29 Å². The van der Waals surface area contributed by atoms with E-state index in [1.807, 2.05) is 6.07 Å². The van der Waals surface area contributed by atoms with Gasteiger partial charge in [-0.05, 0) is 28.0 Å². The van der Waals surface area contributed by atoms with E-state index in [0.29, 0.717) is 17.2 Å². The smallest absolute Gasteiger partial charge is 0.151 e. The molecule has 1 aliphatic heterocycles. The van der Waals surface area contributed by atoms with Crippen LogP contribution in [0.4, 0.5) is 0 Å². The highest BCUT2D eigenvalue weighted by atomic mass is 35.5. The summed E-state index contributed by atoms with van der Waals surface area (Å²) in [6, 6.07) is 3.54.